The first-order valence-corrected chi connectivity index (χ1v) is 6.01. The molecule has 0 fully saturated rings. The highest BCUT2D eigenvalue weighted by Crippen LogP contribution is 2.30. The summed E-state index contributed by atoms with van der Waals surface area (Å²) in [5, 5.41) is 18.9. The molecule has 0 amide bonds. The zero-order valence-corrected chi connectivity index (χ0v) is 11.2. The molecule has 2 aromatic carbocycles. The lowest BCUT2D eigenvalue weighted by Gasteiger charge is -2.04. The van der Waals surface area contributed by atoms with E-state index in [4.69, 9.17) is 5.73 Å². The van der Waals surface area contributed by atoms with E-state index in [2.05, 4.69) is 10.2 Å². The van der Waals surface area contributed by atoms with Gasteiger partial charge in [-0.1, -0.05) is 12.1 Å². The van der Waals surface area contributed by atoms with Crippen molar-refractivity contribution >= 4 is 22.7 Å². The Morgan fingerprint density at radius 3 is 2.40 bits per heavy atom. The van der Waals surface area contributed by atoms with Crippen LogP contribution in [0.2, 0.25) is 0 Å². The van der Waals surface area contributed by atoms with Crippen molar-refractivity contribution in [1.82, 2.24) is 0 Å². The van der Waals surface area contributed by atoms with Crippen LogP contribution in [0.25, 0.3) is 0 Å². The summed E-state index contributed by atoms with van der Waals surface area (Å²) in [4.78, 5) is 10.4. The van der Waals surface area contributed by atoms with Crippen LogP contribution in [0.5, 0.6) is 0 Å². The number of azo groups is 1. The molecule has 0 atom stereocenters. The third-order valence-corrected chi connectivity index (χ3v) is 2.93. The fourth-order valence-corrected chi connectivity index (χ4v) is 1.74. The van der Waals surface area contributed by atoms with Gasteiger partial charge in [0.1, 0.15) is 0 Å². The van der Waals surface area contributed by atoms with Crippen LogP contribution in [0.4, 0.5) is 22.7 Å². The van der Waals surface area contributed by atoms with Crippen LogP contribution in [0.1, 0.15) is 11.1 Å². The highest BCUT2D eigenvalue weighted by atomic mass is 16.6. The molecule has 0 aliphatic rings. The first kappa shape index (κ1) is 13.7. The Hall–Kier alpha value is -2.76. The Morgan fingerprint density at radius 1 is 1.05 bits per heavy atom. The molecule has 6 nitrogen and oxygen atoms in total. The fraction of sp³-hybridized carbons (Fsp3) is 0.143. The highest BCUT2D eigenvalue weighted by Gasteiger charge is 2.11. The van der Waals surface area contributed by atoms with Crippen molar-refractivity contribution in [3.05, 3.63) is 57.6 Å². The molecule has 0 radical (unpaired) electrons. The van der Waals surface area contributed by atoms with Gasteiger partial charge in [-0.05, 0) is 43.2 Å². The largest absolute Gasteiger partial charge is 0.399 e. The molecule has 2 N–H and O–H groups in total. The van der Waals surface area contributed by atoms with Crippen LogP contribution >= 0.6 is 0 Å². The van der Waals surface area contributed by atoms with E-state index in [1.807, 2.05) is 26.0 Å². The summed E-state index contributed by atoms with van der Waals surface area (Å²) in [6.45, 7) is 3.74. The maximum Gasteiger partial charge on any atom is 0.296 e. The van der Waals surface area contributed by atoms with Crippen molar-refractivity contribution in [2.75, 3.05) is 5.73 Å². The van der Waals surface area contributed by atoms with Gasteiger partial charge in [-0.15, -0.1) is 5.11 Å². The summed E-state index contributed by atoms with van der Waals surface area (Å²) >= 11 is 0. The second-order valence-electron chi connectivity index (χ2n) is 4.44. The van der Waals surface area contributed by atoms with Crippen molar-refractivity contribution in [1.29, 1.82) is 0 Å². The van der Waals surface area contributed by atoms with Gasteiger partial charge in [-0.2, -0.15) is 5.11 Å². The lowest BCUT2D eigenvalue weighted by molar-refractivity contribution is -0.384. The Morgan fingerprint density at radius 2 is 1.70 bits per heavy atom. The molecular formula is C14H14N4O2. The maximum absolute atomic E-state index is 10.9. The average molecular weight is 270 g/mol. The molecule has 0 aromatic heterocycles. The summed E-state index contributed by atoms with van der Waals surface area (Å²) in [5.74, 6) is 0. The molecule has 0 aliphatic heterocycles. The van der Waals surface area contributed by atoms with Crippen LogP contribution in [0.3, 0.4) is 0 Å². The normalized spacial score (nSPS) is 10.9. The van der Waals surface area contributed by atoms with Gasteiger partial charge in [0.15, 0.2) is 5.69 Å². The van der Waals surface area contributed by atoms with Crippen LogP contribution < -0.4 is 5.73 Å². The van der Waals surface area contributed by atoms with Crippen LogP contribution in [-0.2, 0) is 0 Å². The number of rotatable bonds is 3. The molecule has 2 rings (SSSR count). The summed E-state index contributed by atoms with van der Waals surface area (Å²) in [5.41, 5.74) is 9.06. The Balaban J connectivity index is 2.40. The number of para-hydroxylation sites is 1. The van der Waals surface area contributed by atoms with E-state index in [0.717, 1.165) is 11.1 Å². The van der Waals surface area contributed by atoms with Gasteiger partial charge in [0.05, 0.1) is 10.6 Å². The third-order valence-electron chi connectivity index (χ3n) is 2.93. The molecule has 0 saturated heterocycles. The number of anilines is 1. The zero-order chi connectivity index (χ0) is 14.7. The van der Waals surface area contributed by atoms with Crippen LogP contribution in [0, 0.1) is 24.0 Å². The maximum atomic E-state index is 10.9. The van der Waals surface area contributed by atoms with Crippen molar-refractivity contribution in [3.8, 4) is 0 Å². The predicted octanol–water partition coefficient (Wildman–Crippen LogP) is 4.21. The Kier molecular flexibility index (Phi) is 3.74. The second-order valence-corrected chi connectivity index (χ2v) is 4.44. The smallest absolute Gasteiger partial charge is 0.296 e. The molecule has 0 unspecified atom stereocenters. The van der Waals surface area contributed by atoms with Crippen LogP contribution in [0.15, 0.2) is 46.6 Å². The molecule has 2 aromatic rings. The van der Waals surface area contributed by atoms with Gasteiger partial charge < -0.3 is 5.73 Å². The lowest BCUT2D eigenvalue weighted by Crippen LogP contribution is -1.90. The van der Waals surface area contributed by atoms with Crippen molar-refractivity contribution < 1.29 is 4.92 Å². The number of benzene rings is 2. The molecule has 0 spiro atoms. The number of hydrogen-bond donors (Lipinski definition) is 1. The summed E-state index contributed by atoms with van der Waals surface area (Å²) < 4.78 is 0. The number of aryl methyl sites for hydroxylation is 2. The van der Waals surface area contributed by atoms with E-state index in [1.54, 1.807) is 18.2 Å². The molecular weight excluding hydrogens is 256 g/mol. The van der Waals surface area contributed by atoms with Gasteiger partial charge in [0.2, 0.25) is 0 Å². The third kappa shape index (κ3) is 2.80. The van der Waals surface area contributed by atoms with Crippen molar-refractivity contribution in [3.63, 3.8) is 0 Å². The van der Waals surface area contributed by atoms with Crippen molar-refractivity contribution in [2.24, 2.45) is 10.2 Å². The summed E-state index contributed by atoms with van der Waals surface area (Å²) in [7, 11) is 0. The quantitative estimate of drug-likeness (QED) is 0.391. The number of nitro benzene ring substituents is 1. The van der Waals surface area contributed by atoms with E-state index < -0.39 is 4.92 Å². The predicted molar refractivity (Wildman–Crippen MR) is 77.6 cm³/mol. The molecule has 102 valence electrons. The van der Waals surface area contributed by atoms with E-state index in [1.165, 1.54) is 6.07 Å². The number of hydrogen-bond acceptors (Lipinski definition) is 5. The Bertz CT molecular complexity index is 696. The molecule has 6 heteroatoms. The minimum Gasteiger partial charge on any atom is -0.399 e. The lowest BCUT2D eigenvalue weighted by atomic mass is 10.1. The van der Waals surface area contributed by atoms with Gasteiger partial charge in [-0.3, -0.25) is 10.1 Å². The number of nitrogens with zero attached hydrogens (tertiary/aromatic N) is 3. The number of nitrogen functional groups attached to an aromatic ring is 1. The minimum absolute atomic E-state index is 0.0685. The van der Waals surface area contributed by atoms with Crippen LogP contribution in [-0.4, -0.2) is 4.92 Å². The summed E-state index contributed by atoms with van der Waals surface area (Å²) in [6.07, 6.45) is 0. The fourth-order valence-electron chi connectivity index (χ4n) is 1.74. The minimum atomic E-state index is -0.477. The first-order valence-electron chi connectivity index (χ1n) is 6.01. The topological polar surface area (TPSA) is 93.9 Å². The molecule has 0 aliphatic carbocycles. The highest BCUT2D eigenvalue weighted by molar-refractivity contribution is 5.60. The molecule has 20 heavy (non-hydrogen) atoms. The monoisotopic (exact) mass is 270 g/mol. The van der Waals surface area contributed by atoms with Gasteiger partial charge in [0.25, 0.3) is 5.69 Å². The number of nitro groups is 1. The van der Waals surface area contributed by atoms with Gasteiger partial charge >= 0.3 is 0 Å². The average Bonchev–Trinajstić information content (AvgIpc) is 2.41. The summed E-state index contributed by atoms with van der Waals surface area (Å²) in [6, 6.07) is 9.85. The standard InChI is InChI=1S/C14H14N4O2/c1-9-8-13(10(2)7-11(9)15)17-16-12-5-3-4-6-14(12)18(19)20/h3-8H,15H2,1-2H3/b17-16+. The van der Waals surface area contributed by atoms with E-state index in [9.17, 15) is 10.1 Å². The molecule has 0 bridgehead atoms. The zero-order valence-electron chi connectivity index (χ0n) is 11.2. The van der Waals surface area contributed by atoms with E-state index in [-0.39, 0.29) is 11.4 Å². The van der Waals surface area contributed by atoms with Gasteiger partial charge in [-0.25, -0.2) is 0 Å². The second kappa shape index (κ2) is 5.48. The Labute approximate surface area is 116 Å². The van der Waals surface area contributed by atoms with E-state index >= 15 is 0 Å². The van der Waals surface area contributed by atoms with Gasteiger partial charge in [0, 0.05) is 11.8 Å². The number of nitrogens with two attached hydrogens (primary N) is 1. The molecule has 0 saturated carbocycles. The van der Waals surface area contributed by atoms with Crippen molar-refractivity contribution in [2.45, 2.75) is 13.8 Å². The first-order chi connectivity index (χ1) is 9.49. The molecule has 0 heterocycles. The SMILES string of the molecule is Cc1cc(/N=N/c2ccccc2[N+](=O)[O-])c(C)cc1N. The van der Waals surface area contributed by atoms with E-state index in [0.29, 0.717) is 11.4 Å².